The van der Waals surface area contributed by atoms with Crippen LogP contribution in [0.3, 0.4) is 0 Å². The van der Waals surface area contributed by atoms with Gasteiger partial charge in [-0.2, -0.15) is 5.26 Å². The lowest BCUT2D eigenvalue weighted by molar-refractivity contribution is 0.435. The number of fused-ring (bicyclic) bond motifs is 1. The molecule has 1 aliphatic heterocycles. The van der Waals surface area contributed by atoms with Gasteiger partial charge in [-0.05, 0) is 31.7 Å². The Labute approximate surface area is 126 Å². The average Bonchev–Trinajstić information content (AvgIpc) is 2.55. The van der Waals surface area contributed by atoms with E-state index in [9.17, 15) is 5.26 Å². The Bertz CT molecular complexity index is 670. The fourth-order valence-corrected chi connectivity index (χ4v) is 3.45. The molecule has 3 rings (SSSR count). The van der Waals surface area contributed by atoms with Gasteiger partial charge in [0.05, 0.1) is 16.8 Å². The van der Waals surface area contributed by atoms with E-state index in [2.05, 4.69) is 28.9 Å². The van der Waals surface area contributed by atoms with Crippen molar-refractivity contribution in [1.29, 1.82) is 5.26 Å². The molecular weight excluding hydrogens is 258 g/mol. The molecule has 2 aromatic rings. The summed E-state index contributed by atoms with van der Waals surface area (Å²) in [6, 6.07) is 11.1. The van der Waals surface area contributed by atoms with Crippen LogP contribution in [0.5, 0.6) is 0 Å². The Kier molecular flexibility index (Phi) is 4.06. The number of hydrogen-bond acceptors (Lipinski definition) is 3. The van der Waals surface area contributed by atoms with Crippen molar-refractivity contribution in [3.05, 3.63) is 36.0 Å². The second kappa shape index (κ2) is 6.13. The number of benzene rings is 1. The third-order valence-corrected chi connectivity index (χ3v) is 4.40. The summed E-state index contributed by atoms with van der Waals surface area (Å²) in [7, 11) is 0. The highest BCUT2D eigenvalue weighted by atomic mass is 15.2. The van der Waals surface area contributed by atoms with Crippen LogP contribution in [0.15, 0.2) is 30.5 Å². The van der Waals surface area contributed by atoms with Gasteiger partial charge in [0.2, 0.25) is 0 Å². The minimum Gasteiger partial charge on any atom is -0.367 e. The normalized spacial score (nSPS) is 18.7. The number of para-hydroxylation sites is 1. The fourth-order valence-electron chi connectivity index (χ4n) is 3.45. The molecule has 0 aliphatic carbocycles. The minimum absolute atomic E-state index is 0.557. The molecule has 0 spiro atoms. The molecule has 0 bridgehead atoms. The van der Waals surface area contributed by atoms with E-state index in [1.165, 1.54) is 32.1 Å². The van der Waals surface area contributed by atoms with Crippen LogP contribution < -0.4 is 4.90 Å². The van der Waals surface area contributed by atoms with Gasteiger partial charge in [-0.25, -0.2) is 0 Å². The molecule has 0 saturated carbocycles. The van der Waals surface area contributed by atoms with Crippen molar-refractivity contribution in [2.45, 2.75) is 45.1 Å². The van der Waals surface area contributed by atoms with Gasteiger partial charge in [0.15, 0.2) is 0 Å². The van der Waals surface area contributed by atoms with E-state index in [0.29, 0.717) is 11.6 Å². The van der Waals surface area contributed by atoms with Gasteiger partial charge >= 0.3 is 0 Å². The summed E-state index contributed by atoms with van der Waals surface area (Å²) < 4.78 is 0. The summed E-state index contributed by atoms with van der Waals surface area (Å²) in [5.41, 5.74) is 2.78. The van der Waals surface area contributed by atoms with Gasteiger partial charge < -0.3 is 4.90 Å². The molecule has 108 valence electrons. The standard InChI is InChI=1S/C18H21N3/c1-2-7-15-8-5-6-11-21(15)18-14(12-19)13-20-17-10-4-3-9-16(17)18/h3-4,9-10,13,15H,2,5-8,11H2,1H3. The lowest BCUT2D eigenvalue weighted by atomic mass is 9.95. The van der Waals surface area contributed by atoms with Gasteiger partial charge in [-0.1, -0.05) is 31.5 Å². The molecule has 0 N–H and O–H groups in total. The summed E-state index contributed by atoms with van der Waals surface area (Å²) in [6.45, 7) is 3.29. The molecule has 1 atom stereocenters. The summed E-state index contributed by atoms with van der Waals surface area (Å²) in [5.74, 6) is 0. The van der Waals surface area contributed by atoms with Gasteiger partial charge in [-0.3, -0.25) is 4.98 Å². The van der Waals surface area contributed by atoms with Crippen molar-refractivity contribution in [2.75, 3.05) is 11.4 Å². The number of pyridine rings is 1. The van der Waals surface area contributed by atoms with Crippen LogP contribution in [0.2, 0.25) is 0 Å². The van der Waals surface area contributed by atoms with E-state index in [4.69, 9.17) is 0 Å². The van der Waals surface area contributed by atoms with E-state index >= 15 is 0 Å². The molecule has 21 heavy (non-hydrogen) atoms. The van der Waals surface area contributed by atoms with Crippen molar-refractivity contribution < 1.29 is 0 Å². The summed E-state index contributed by atoms with van der Waals surface area (Å²) >= 11 is 0. The van der Waals surface area contributed by atoms with Crippen LogP contribution in [0.25, 0.3) is 10.9 Å². The second-order valence-electron chi connectivity index (χ2n) is 5.78. The van der Waals surface area contributed by atoms with E-state index < -0.39 is 0 Å². The largest absolute Gasteiger partial charge is 0.367 e. The maximum Gasteiger partial charge on any atom is 0.103 e. The summed E-state index contributed by atoms with van der Waals surface area (Å²) in [6.07, 6.45) is 7.85. The first-order valence-corrected chi connectivity index (χ1v) is 7.89. The minimum atomic E-state index is 0.557. The van der Waals surface area contributed by atoms with E-state index in [1.807, 2.05) is 18.2 Å². The van der Waals surface area contributed by atoms with Crippen LogP contribution in [-0.4, -0.2) is 17.6 Å². The topological polar surface area (TPSA) is 39.9 Å². The van der Waals surface area contributed by atoms with E-state index in [1.54, 1.807) is 6.20 Å². The zero-order chi connectivity index (χ0) is 14.7. The number of nitriles is 1. The number of piperidine rings is 1. The lowest BCUT2D eigenvalue weighted by Crippen LogP contribution is -2.40. The monoisotopic (exact) mass is 279 g/mol. The van der Waals surface area contributed by atoms with Crippen molar-refractivity contribution in [1.82, 2.24) is 4.98 Å². The van der Waals surface area contributed by atoms with Crippen LogP contribution in [0, 0.1) is 11.3 Å². The van der Waals surface area contributed by atoms with Gasteiger partial charge in [0.1, 0.15) is 6.07 Å². The molecule has 1 saturated heterocycles. The molecule has 1 unspecified atom stereocenters. The number of nitrogens with zero attached hydrogens (tertiary/aromatic N) is 3. The Hall–Kier alpha value is -2.08. The molecule has 3 nitrogen and oxygen atoms in total. The highest BCUT2D eigenvalue weighted by molar-refractivity contribution is 5.94. The van der Waals surface area contributed by atoms with Crippen LogP contribution in [0.1, 0.15) is 44.6 Å². The quantitative estimate of drug-likeness (QED) is 0.842. The first kappa shape index (κ1) is 13.9. The SMILES string of the molecule is CCCC1CCCCN1c1c(C#N)cnc2ccccc12. The molecule has 0 amide bonds. The Morgan fingerprint density at radius 2 is 2.19 bits per heavy atom. The highest BCUT2D eigenvalue weighted by Gasteiger charge is 2.25. The summed E-state index contributed by atoms with van der Waals surface area (Å²) in [4.78, 5) is 6.90. The maximum atomic E-state index is 9.51. The third kappa shape index (κ3) is 2.58. The van der Waals surface area contributed by atoms with E-state index in [-0.39, 0.29) is 0 Å². The Balaban J connectivity index is 2.14. The van der Waals surface area contributed by atoms with Crippen molar-refractivity contribution in [3.63, 3.8) is 0 Å². The van der Waals surface area contributed by atoms with Gasteiger partial charge in [0, 0.05) is 24.2 Å². The van der Waals surface area contributed by atoms with Crippen molar-refractivity contribution >= 4 is 16.6 Å². The predicted molar refractivity (Wildman–Crippen MR) is 86.4 cm³/mol. The zero-order valence-corrected chi connectivity index (χ0v) is 12.5. The zero-order valence-electron chi connectivity index (χ0n) is 12.5. The van der Waals surface area contributed by atoms with Crippen molar-refractivity contribution in [3.8, 4) is 6.07 Å². The number of anilines is 1. The highest BCUT2D eigenvalue weighted by Crippen LogP contribution is 2.34. The third-order valence-electron chi connectivity index (χ3n) is 4.40. The second-order valence-corrected chi connectivity index (χ2v) is 5.78. The number of aromatic nitrogens is 1. The summed E-state index contributed by atoms with van der Waals surface area (Å²) in [5, 5.41) is 10.6. The first-order valence-electron chi connectivity index (χ1n) is 7.89. The molecule has 1 aliphatic rings. The molecule has 1 fully saturated rings. The maximum absolute atomic E-state index is 9.51. The van der Waals surface area contributed by atoms with Crippen molar-refractivity contribution in [2.24, 2.45) is 0 Å². The fraction of sp³-hybridized carbons (Fsp3) is 0.444. The predicted octanol–water partition coefficient (Wildman–Crippen LogP) is 4.27. The average molecular weight is 279 g/mol. The van der Waals surface area contributed by atoms with Crippen LogP contribution in [-0.2, 0) is 0 Å². The first-order chi connectivity index (χ1) is 10.3. The number of rotatable bonds is 3. The molecule has 2 heterocycles. The molecule has 1 aromatic carbocycles. The number of hydrogen-bond donors (Lipinski definition) is 0. The molecule has 1 aromatic heterocycles. The smallest absolute Gasteiger partial charge is 0.103 e. The van der Waals surface area contributed by atoms with Crippen LogP contribution in [0.4, 0.5) is 5.69 Å². The van der Waals surface area contributed by atoms with Crippen LogP contribution >= 0.6 is 0 Å². The molecule has 0 radical (unpaired) electrons. The Morgan fingerprint density at radius 3 is 3.00 bits per heavy atom. The molecular formula is C18H21N3. The lowest BCUT2D eigenvalue weighted by Gasteiger charge is -2.38. The molecule has 3 heteroatoms. The van der Waals surface area contributed by atoms with Gasteiger partial charge in [0.25, 0.3) is 0 Å². The Morgan fingerprint density at radius 1 is 1.33 bits per heavy atom. The van der Waals surface area contributed by atoms with E-state index in [0.717, 1.165) is 23.1 Å². The van der Waals surface area contributed by atoms with Gasteiger partial charge in [-0.15, -0.1) is 0 Å².